The van der Waals surface area contributed by atoms with E-state index in [-0.39, 0.29) is 0 Å². The number of hydrogen-bond donors (Lipinski definition) is 0. The average molecular weight is 677 g/mol. The lowest BCUT2D eigenvalue weighted by Gasteiger charge is -2.22. The molecular formula is C40H48N6O4. The molecule has 0 saturated carbocycles. The number of benzene rings is 2. The summed E-state index contributed by atoms with van der Waals surface area (Å²) in [5.74, 6) is -0.823. The predicted molar refractivity (Wildman–Crippen MR) is 200 cm³/mol. The van der Waals surface area contributed by atoms with Gasteiger partial charge in [0.15, 0.2) is 0 Å². The SMILES string of the molecule is COC(=O)c1cc2c3ccccc3n(CCCCN(C)CCN(C)CCCCn3c4ccccc4c4cc(C(=O)OC)nc(C)c43)c2c(C)n1. The highest BCUT2D eigenvalue weighted by molar-refractivity contribution is 6.11. The van der Waals surface area contributed by atoms with Gasteiger partial charge in [0.05, 0.1) is 36.6 Å². The van der Waals surface area contributed by atoms with Gasteiger partial charge >= 0.3 is 11.9 Å². The smallest absolute Gasteiger partial charge is 0.356 e. The van der Waals surface area contributed by atoms with Crippen LogP contribution in [0.3, 0.4) is 0 Å². The van der Waals surface area contributed by atoms with E-state index in [9.17, 15) is 9.59 Å². The Hall–Kier alpha value is -4.80. The van der Waals surface area contributed by atoms with E-state index in [4.69, 9.17) is 9.47 Å². The summed E-state index contributed by atoms with van der Waals surface area (Å²) in [6.45, 7) is 9.84. The van der Waals surface area contributed by atoms with Gasteiger partial charge in [-0.3, -0.25) is 0 Å². The number of aryl methyl sites for hydroxylation is 4. The van der Waals surface area contributed by atoms with Crippen molar-refractivity contribution in [2.45, 2.75) is 52.6 Å². The van der Waals surface area contributed by atoms with Gasteiger partial charge in [0.25, 0.3) is 0 Å². The number of unbranched alkanes of at least 4 members (excludes halogenated alkanes) is 2. The lowest BCUT2D eigenvalue weighted by atomic mass is 10.1. The summed E-state index contributed by atoms with van der Waals surface area (Å²) in [6.07, 6.45) is 4.28. The van der Waals surface area contributed by atoms with E-state index in [0.29, 0.717) is 11.4 Å². The molecule has 0 amide bonds. The molecule has 0 unspecified atom stereocenters. The fourth-order valence-corrected chi connectivity index (χ4v) is 7.29. The first kappa shape index (κ1) is 35.0. The standard InChI is InChI=1S/C40H48N6O4/c1-27-37-31(25-33(41-27)39(47)49-5)29-15-7-9-17-35(29)45(37)21-13-11-19-43(3)23-24-44(4)20-12-14-22-46-36-18-10-8-16-30(36)32-26-34(40(48)50-6)42-28(2)38(32)46/h7-10,15-18,25-26H,11-14,19-24H2,1-6H3. The van der Waals surface area contributed by atoms with E-state index in [1.807, 2.05) is 38.1 Å². The van der Waals surface area contributed by atoms with E-state index in [0.717, 1.165) is 109 Å². The number of ether oxygens (including phenoxy) is 2. The van der Waals surface area contributed by atoms with Gasteiger partial charge in [-0.15, -0.1) is 0 Å². The molecule has 10 nitrogen and oxygen atoms in total. The van der Waals surface area contributed by atoms with E-state index in [1.54, 1.807) is 0 Å². The van der Waals surface area contributed by atoms with Gasteiger partial charge in [-0.25, -0.2) is 19.6 Å². The number of hydrogen-bond acceptors (Lipinski definition) is 8. The van der Waals surface area contributed by atoms with Crippen LogP contribution in [0.2, 0.25) is 0 Å². The number of likely N-dealkylation sites (N-methyl/N-ethyl adjacent to an activating group) is 2. The van der Waals surface area contributed by atoms with Crippen molar-refractivity contribution in [3.05, 3.63) is 83.4 Å². The molecule has 0 saturated heterocycles. The largest absolute Gasteiger partial charge is 0.464 e. The number of fused-ring (bicyclic) bond motifs is 6. The highest BCUT2D eigenvalue weighted by atomic mass is 16.5. The number of esters is 2. The summed E-state index contributed by atoms with van der Waals surface area (Å²) in [5.41, 5.74) is 6.90. The van der Waals surface area contributed by atoms with Gasteiger partial charge in [0, 0.05) is 58.8 Å². The Bertz CT molecular complexity index is 2010. The highest BCUT2D eigenvalue weighted by Crippen LogP contribution is 2.33. The quantitative estimate of drug-likeness (QED) is 0.0848. The van der Waals surface area contributed by atoms with Crippen molar-refractivity contribution in [2.75, 3.05) is 54.5 Å². The Morgan fingerprint density at radius 2 is 1.00 bits per heavy atom. The van der Waals surface area contributed by atoms with Gasteiger partial charge in [-0.2, -0.15) is 0 Å². The Kier molecular flexibility index (Phi) is 10.8. The molecule has 0 fully saturated rings. The van der Waals surface area contributed by atoms with Crippen molar-refractivity contribution in [1.29, 1.82) is 0 Å². The number of aromatic nitrogens is 4. The van der Waals surface area contributed by atoms with E-state index < -0.39 is 11.9 Å². The Morgan fingerprint density at radius 1 is 0.600 bits per heavy atom. The Balaban J connectivity index is 0.983. The number of rotatable bonds is 15. The monoisotopic (exact) mass is 676 g/mol. The molecule has 4 heterocycles. The van der Waals surface area contributed by atoms with Crippen LogP contribution in [-0.2, 0) is 22.6 Å². The minimum atomic E-state index is -0.412. The summed E-state index contributed by atoms with van der Waals surface area (Å²) in [5, 5.41) is 4.36. The topological polar surface area (TPSA) is 94.7 Å². The van der Waals surface area contributed by atoms with E-state index in [1.165, 1.54) is 25.3 Å². The zero-order valence-electron chi connectivity index (χ0n) is 30.2. The molecule has 0 N–H and O–H groups in total. The number of methoxy groups -OCH3 is 2. The second-order valence-corrected chi connectivity index (χ2v) is 13.3. The normalized spacial score (nSPS) is 11.9. The number of pyridine rings is 2. The molecule has 0 aliphatic rings. The molecule has 0 bridgehead atoms. The second-order valence-electron chi connectivity index (χ2n) is 13.3. The first-order chi connectivity index (χ1) is 24.2. The first-order valence-electron chi connectivity index (χ1n) is 17.5. The van der Waals surface area contributed by atoms with Crippen LogP contribution in [0.25, 0.3) is 43.6 Å². The van der Waals surface area contributed by atoms with E-state index in [2.05, 4.69) is 79.4 Å². The molecule has 0 aliphatic carbocycles. The molecule has 6 rings (SSSR count). The van der Waals surface area contributed by atoms with E-state index >= 15 is 0 Å². The molecule has 4 aromatic heterocycles. The van der Waals surface area contributed by atoms with Crippen LogP contribution >= 0.6 is 0 Å². The van der Waals surface area contributed by atoms with Crippen molar-refractivity contribution in [1.82, 2.24) is 28.9 Å². The van der Waals surface area contributed by atoms with Crippen LogP contribution in [0.15, 0.2) is 60.7 Å². The molecule has 0 radical (unpaired) electrons. The molecular weight excluding hydrogens is 628 g/mol. The Morgan fingerprint density at radius 3 is 1.40 bits per heavy atom. The van der Waals surface area contributed by atoms with Crippen molar-refractivity contribution in [3.63, 3.8) is 0 Å². The van der Waals surface area contributed by atoms with Crippen molar-refractivity contribution in [2.24, 2.45) is 0 Å². The molecule has 0 spiro atoms. The van der Waals surface area contributed by atoms with Crippen molar-refractivity contribution in [3.8, 4) is 0 Å². The van der Waals surface area contributed by atoms with Crippen LogP contribution in [0.1, 0.15) is 58.0 Å². The molecule has 2 aromatic carbocycles. The summed E-state index contributed by atoms with van der Waals surface area (Å²) in [6, 6.07) is 20.5. The fraction of sp³-hybridized carbons (Fsp3) is 0.400. The number of nitrogens with zero attached hydrogens (tertiary/aromatic N) is 6. The summed E-state index contributed by atoms with van der Waals surface area (Å²) in [4.78, 5) is 38.5. The molecule has 0 atom stereocenters. The third-order valence-electron chi connectivity index (χ3n) is 9.84. The van der Waals surface area contributed by atoms with Crippen LogP contribution in [0, 0.1) is 13.8 Å². The minimum Gasteiger partial charge on any atom is -0.464 e. The van der Waals surface area contributed by atoms with Gasteiger partial charge in [-0.1, -0.05) is 36.4 Å². The molecule has 262 valence electrons. The number of para-hydroxylation sites is 2. The van der Waals surface area contributed by atoms with Crippen molar-refractivity contribution < 1.29 is 19.1 Å². The third kappa shape index (κ3) is 7.09. The Labute approximate surface area is 293 Å². The van der Waals surface area contributed by atoms with Crippen LogP contribution < -0.4 is 0 Å². The minimum absolute atomic E-state index is 0.347. The third-order valence-corrected chi connectivity index (χ3v) is 9.84. The second kappa shape index (κ2) is 15.4. The van der Waals surface area contributed by atoms with Gasteiger partial charge in [-0.05, 0) is 91.0 Å². The highest BCUT2D eigenvalue weighted by Gasteiger charge is 2.19. The van der Waals surface area contributed by atoms with Gasteiger partial charge in [0.1, 0.15) is 11.4 Å². The maximum atomic E-state index is 12.2. The molecule has 0 aliphatic heterocycles. The average Bonchev–Trinajstić information content (AvgIpc) is 3.63. The van der Waals surface area contributed by atoms with Gasteiger partial charge < -0.3 is 28.4 Å². The lowest BCUT2D eigenvalue weighted by Crippen LogP contribution is -2.32. The van der Waals surface area contributed by atoms with Crippen molar-refractivity contribution >= 4 is 55.6 Å². The van der Waals surface area contributed by atoms with Gasteiger partial charge in [0.2, 0.25) is 0 Å². The summed E-state index contributed by atoms with van der Waals surface area (Å²) < 4.78 is 14.6. The molecule has 6 aromatic rings. The van der Waals surface area contributed by atoms with Crippen LogP contribution in [0.4, 0.5) is 0 Å². The maximum Gasteiger partial charge on any atom is 0.356 e. The van der Waals surface area contributed by atoms with Crippen LogP contribution in [0.5, 0.6) is 0 Å². The summed E-state index contributed by atoms with van der Waals surface area (Å²) >= 11 is 0. The zero-order chi connectivity index (χ0) is 35.4. The first-order valence-corrected chi connectivity index (χ1v) is 17.5. The predicted octanol–water partition coefficient (Wildman–Crippen LogP) is 7.01. The molecule has 10 heteroatoms. The zero-order valence-corrected chi connectivity index (χ0v) is 30.2. The maximum absolute atomic E-state index is 12.2. The lowest BCUT2D eigenvalue weighted by molar-refractivity contribution is 0.0585. The van der Waals surface area contributed by atoms with Crippen LogP contribution in [-0.4, -0.2) is 95.3 Å². The summed E-state index contributed by atoms with van der Waals surface area (Å²) in [7, 11) is 7.20. The molecule has 50 heavy (non-hydrogen) atoms. The fourth-order valence-electron chi connectivity index (χ4n) is 7.29. The number of carbonyl (C=O) groups excluding carboxylic acids is 2. The number of carbonyl (C=O) groups is 2.